The van der Waals surface area contributed by atoms with E-state index in [-0.39, 0.29) is 12.5 Å². The van der Waals surface area contributed by atoms with Crippen molar-refractivity contribution in [3.8, 4) is 11.5 Å². The smallest absolute Gasteiger partial charge is 0.257 e. The van der Waals surface area contributed by atoms with E-state index in [0.29, 0.717) is 18.1 Å². The summed E-state index contributed by atoms with van der Waals surface area (Å²) in [6, 6.07) is 9.51. The summed E-state index contributed by atoms with van der Waals surface area (Å²) in [5, 5.41) is 7.65. The van der Waals surface area contributed by atoms with E-state index < -0.39 is 0 Å². The molecule has 3 aromatic rings. The van der Waals surface area contributed by atoms with Crippen LogP contribution in [0.2, 0.25) is 0 Å². The lowest BCUT2D eigenvalue weighted by Crippen LogP contribution is -2.25. The molecule has 7 heteroatoms. The molecule has 23 heavy (non-hydrogen) atoms. The second kappa shape index (κ2) is 6.70. The Balaban J connectivity index is 1.57. The molecule has 118 valence electrons. The van der Waals surface area contributed by atoms with Crippen LogP contribution < -0.4 is 5.32 Å². The first-order chi connectivity index (χ1) is 11.1. The van der Waals surface area contributed by atoms with Gasteiger partial charge in [0.15, 0.2) is 5.82 Å². The van der Waals surface area contributed by atoms with Gasteiger partial charge in [0.25, 0.3) is 5.89 Å². The van der Waals surface area contributed by atoms with E-state index in [9.17, 15) is 4.79 Å². The summed E-state index contributed by atoms with van der Waals surface area (Å²) in [4.78, 5) is 21.6. The number of amides is 1. The maximum absolute atomic E-state index is 12.0. The molecule has 0 aliphatic heterocycles. The first kappa shape index (κ1) is 15.4. The van der Waals surface area contributed by atoms with Crippen molar-refractivity contribution in [2.75, 3.05) is 0 Å². The van der Waals surface area contributed by atoms with Gasteiger partial charge in [-0.25, -0.2) is 4.98 Å². The Hall–Kier alpha value is -2.54. The Morgan fingerprint density at radius 3 is 2.70 bits per heavy atom. The molecule has 2 heterocycles. The predicted octanol–water partition coefficient (Wildman–Crippen LogP) is 2.67. The number of benzene rings is 1. The number of aryl methyl sites for hydroxylation is 2. The second-order valence-corrected chi connectivity index (χ2v) is 6.36. The third kappa shape index (κ3) is 3.81. The van der Waals surface area contributed by atoms with Gasteiger partial charge in [0.1, 0.15) is 0 Å². The third-order valence-electron chi connectivity index (χ3n) is 3.25. The maximum atomic E-state index is 12.0. The van der Waals surface area contributed by atoms with E-state index >= 15 is 0 Å². The fourth-order valence-electron chi connectivity index (χ4n) is 2.15. The maximum Gasteiger partial charge on any atom is 0.257 e. The van der Waals surface area contributed by atoms with E-state index in [0.717, 1.165) is 21.1 Å². The molecular weight excluding hydrogens is 312 g/mol. The molecule has 0 saturated heterocycles. The molecular formula is C16H16N4O2S. The summed E-state index contributed by atoms with van der Waals surface area (Å²) in [5.41, 5.74) is 1.77. The summed E-state index contributed by atoms with van der Waals surface area (Å²) in [6.07, 6.45) is 0.320. The molecule has 0 aliphatic carbocycles. The molecule has 0 spiro atoms. The number of carbonyl (C=O) groups excluding carboxylic acids is 1. The van der Waals surface area contributed by atoms with Crippen LogP contribution in [0.3, 0.4) is 0 Å². The van der Waals surface area contributed by atoms with Gasteiger partial charge in [-0.05, 0) is 26.0 Å². The standard InChI is InChI=1S/C16H16N4O2S/c1-10-13(23-11(2)18-10)8-15(21)17-9-14-19-16(22-20-14)12-6-4-3-5-7-12/h3-7H,8-9H2,1-2H3,(H,17,21). The average Bonchev–Trinajstić information content (AvgIpc) is 3.13. The van der Waals surface area contributed by atoms with Gasteiger partial charge in [-0.1, -0.05) is 23.4 Å². The molecule has 0 atom stereocenters. The SMILES string of the molecule is Cc1nc(C)c(CC(=O)NCc2noc(-c3ccccc3)n2)s1. The Labute approximate surface area is 137 Å². The summed E-state index contributed by atoms with van der Waals surface area (Å²) in [5.74, 6) is 0.820. The van der Waals surface area contributed by atoms with Crippen LogP contribution in [0.1, 0.15) is 21.4 Å². The zero-order chi connectivity index (χ0) is 16.2. The van der Waals surface area contributed by atoms with Gasteiger partial charge < -0.3 is 9.84 Å². The minimum atomic E-state index is -0.0807. The molecule has 1 aromatic carbocycles. The van der Waals surface area contributed by atoms with Crippen LogP contribution in [0.4, 0.5) is 0 Å². The van der Waals surface area contributed by atoms with Crippen molar-refractivity contribution in [3.05, 3.63) is 51.7 Å². The normalized spacial score (nSPS) is 10.7. The molecule has 2 aromatic heterocycles. The number of nitrogens with one attached hydrogen (secondary N) is 1. The molecule has 0 radical (unpaired) electrons. The number of carbonyl (C=O) groups is 1. The lowest BCUT2D eigenvalue weighted by atomic mass is 10.2. The number of rotatable bonds is 5. The summed E-state index contributed by atoms with van der Waals surface area (Å²) >= 11 is 1.54. The highest BCUT2D eigenvalue weighted by molar-refractivity contribution is 7.11. The first-order valence-corrected chi connectivity index (χ1v) is 8.01. The monoisotopic (exact) mass is 328 g/mol. The zero-order valence-electron chi connectivity index (χ0n) is 12.9. The summed E-state index contributed by atoms with van der Waals surface area (Å²) in [6.45, 7) is 4.09. The van der Waals surface area contributed by atoms with E-state index in [1.165, 1.54) is 0 Å². The van der Waals surface area contributed by atoms with E-state index in [1.54, 1.807) is 11.3 Å². The molecule has 0 bridgehead atoms. The molecule has 3 rings (SSSR count). The van der Waals surface area contributed by atoms with Gasteiger partial charge in [-0.15, -0.1) is 11.3 Å². The Bertz CT molecular complexity index is 811. The van der Waals surface area contributed by atoms with Gasteiger partial charge in [0.05, 0.1) is 23.7 Å². The Morgan fingerprint density at radius 2 is 2.00 bits per heavy atom. The van der Waals surface area contributed by atoms with Gasteiger partial charge >= 0.3 is 0 Å². The molecule has 0 fully saturated rings. The van der Waals surface area contributed by atoms with Gasteiger partial charge in [0.2, 0.25) is 5.91 Å². The molecule has 1 amide bonds. The van der Waals surface area contributed by atoms with Crippen LogP contribution in [-0.2, 0) is 17.8 Å². The minimum absolute atomic E-state index is 0.0807. The van der Waals surface area contributed by atoms with Gasteiger partial charge in [-0.2, -0.15) is 4.98 Å². The molecule has 0 aliphatic rings. The van der Waals surface area contributed by atoms with Crippen LogP contribution in [0.15, 0.2) is 34.9 Å². The number of hydrogen-bond donors (Lipinski definition) is 1. The number of hydrogen-bond acceptors (Lipinski definition) is 6. The first-order valence-electron chi connectivity index (χ1n) is 7.19. The lowest BCUT2D eigenvalue weighted by Gasteiger charge is -2.01. The molecule has 0 saturated carbocycles. The fourth-order valence-corrected chi connectivity index (χ4v) is 3.08. The zero-order valence-corrected chi connectivity index (χ0v) is 13.7. The largest absolute Gasteiger partial charge is 0.348 e. The lowest BCUT2D eigenvalue weighted by molar-refractivity contribution is -0.120. The van der Waals surface area contributed by atoms with Crippen LogP contribution in [0, 0.1) is 13.8 Å². The summed E-state index contributed by atoms with van der Waals surface area (Å²) in [7, 11) is 0. The second-order valence-electron chi connectivity index (χ2n) is 5.08. The highest BCUT2D eigenvalue weighted by atomic mass is 32.1. The molecule has 0 unspecified atom stereocenters. The topological polar surface area (TPSA) is 80.9 Å². The van der Waals surface area contributed by atoms with Gasteiger partial charge in [-0.3, -0.25) is 4.79 Å². The Kier molecular flexibility index (Phi) is 4.47. The predicted molar refractivity (Wildman–Crippen MR) is 86.9 cm³/mol. The number of nitrogens with zero attached hydrogens (tertiary/aromatic N) is 3. The van der Waals surface area contributed by atoms with Crippen molar-refractivity contribution >= 4 is 17.2 Å². The van der Waals surface area contributed by atoms with Crippen molar-refractivity contribution in [2.24, 2.45) is 0 Å². The minimum Gasteiger partial charge on any atom is -0.348 e. The molecule has 1 N–H and O–H groups in total. The average molecular weight is 328 g/mol. The van der Waals surface area contributed by atoms with Crippen LogP contribution in [0.5, 0.6) is 0 Å². The van der Waals surface area contributed by atoms with Crippen molar-refractivity contribution in [1.29, 1.82) is 0 Å². The highest BCUT2D eigenvalue weighted by Gasteiger charge is 2.12. The number of aromatic nitrogens is 3. The third-order valence-corrected chi connectivity index (χ3v) is 4.33. The van der Waals surface area contributed by atoms with Crippen molar-refractivity contribution < 1.29 is 9.32 Å². The highest BCUT2D eigenvalue weighted by Crippen LogP contribution is 2.18. The van der Waals surface area contributed by atoms with Gasteiger partial charge in [0, 0.05) is 10.4 Å². The quantitative estimate of drug-likeness (QED) is 0.779. The fraction of sp³-hybridized carbons (Fsp3) is 0.250. The van der Waals surface area contributed by atoms with E-state index in [2.05, 4.69) is 20.4 Å². The van der Waals surface area contributed by atoms with Crippen LogP contribution in [-0.4, -0.2) is 21.0 Å². The van der Waals surface area contributed by atoms with Crippen molar-refractivity contribution in [3.63, 3.8) is 0 Å². The van der Waals surface area contributed by atoms with E-state index in [1.807, 2.05) is 44.2 Å². The van der Waals surface area contributed by atoms with E-state index in [4.69, 9.17) is 4.52 Å². The van der Waals surface area contributed by atoms with Crippen molar-refractivity contribution in [1.82, 2.24) is 20.4 Å². The van der Waals surface area contributed by atoms with Crippen LogP contribution >= 0.6 is 11.3 Å². The van der Waals surface area contributed by atoms with Crippen LogP contribution in [0.25, 0.3) is 11.5 Å². The number of thiazole rings is 1. The Morgan fingerprint density at radius 1 is 1.22 bits per heavy atom. The summed E-state index contributed by atoms with van der Waals surface area (Å²) < 4.78 is 5.20. The van der Waals surface area contributed by atoms with Crippen molar-refractivity contribution in [2.45, 2.75) is 26.8 Å². The molecule has 6 nitrogen and oxygen atoms in total.